The Hall–Kier alpha value is -3.51. The number of pyridine rings is 1. The topological polar surface area (TPSA) is 114 Å². The molecule has 1 aromatic carbocycles. The number of rotatable bonds is 6. The second-order valence-corrected chi connectivity index (χ2v) is 9.23. The fourth-order valence-corrected chi connectivity index (χ4v) is 4.18. The third-order valence-corrected chi connectivity index (χ3v) is 6.39. The van der Waals surface area contributed by atoms with Crippen LogP contribution >= 0.6 is 11.6 Å². The summed E-state index contributed by atoms with van der Waals surface area (Å²) in [5.74, 6) is -0.650. The van der Waals surface area contributed by atoms with Gasteiger partial charge in [0.1, 0.15) is 5.69 Å². The molecule has 9 nitrogen and oxygen atoms in total. The van der Waals surface area contributed by atoms with Crippen LogP contribution in [0.2, 0.25) is 5.02 Å². The fraction of sp³-hybridized carbons (Fsp3) is 0.348. The quantitative estimate of drug-likeness (QED) is 0.460. The number of alkyl halides is 3. The average molecular weight is 520 g/mol. The molecule has 0 radical (unpaired) electrons. The van der Waals surface area contributed by atoms with E-state index in [1.165, 1.54) is 12.3 Å². The Morgan fingerprint density at radius 1 is 1.17 bits per heavy atom. The van der Waals surface area contributed by atoms with Gasteiger partial charge in [0.05, 0.1) is 34.4 Å². The van der Waals surface area contributed by atoms with Crippen molar-refractivity contribution in [3.05, 3.63) is 59.0 Å². The highest BCUT2D eigenvalue weighted by molar-refractivity contribution is 6.31. The largest absolute Gasteiger partial charge is 0.417 e. The first-order valence-electron chi connectivity index (χ1n) is 11.3. The van der Waals surface area contributed by atoms with E-state index in [4.69, 9.17) is 11.6 Å². The Morgan fingerprint density at radius 2 is 1.97 bits per heavy atom. The minimum atomic E-state index is -4.63. The van der Waals surface area contributed by atoms with Gasteiger partial charge in [0.25, 0.3) is 5.91 Å². The molecule has 36 heavy (non-hydrogen) atoms. The van der Waals surface area contributed by atoms with Gasteiger partial charge in [0, 0.05) is 36.2 Å². The number of amides is 2. The molecule has 2 amide bonds. The molecule has 2 atom stereocenters. The van der Waals surface area contributed by atoms with Crippen molar-refractivity contribution in [1.29, 1.82) is 0 Å². The van der Waals surface area contributed by atoms with Crippen molar-refractivity contribution in [2.45, 2.75) is 43.6 Å². The van der Waals surface area contributed by atoms with Crippen LogP contribution in [0.25, 0.3) is 11.3 Å². The summed E-state index contributed by atoms with van der Waals surface area (Å²) in [6.07, 6.45) is 2.49. The zero-order valence-electron chi connectivity index (χ0n) is 18.7. The van der Waals surface area contributed by atoms with Crippen molar-refractivity contribution >= 4 is 29.1 Å². The van der Waals surface area contributed by atoms with Crippen LogP contribution in [0, 0.1) is 0 Å². The molecule has 188 valence electrons. The maximum Gasteiger partial charge on any atom is 0.417 e. The predicted molar refractivity (Wildman–Crippen MR) is 124 cm³/mol. The number of carbonyl (C=O) groups excluding carboxylic acids is 2. The molecule has 0 unspecified atom stereocenters. The second kappa shape index (κ2) is 9.51. The van der Waals surface area contributed by atoms with Crippen LogP contribution in [0.3, 0.4) is 0 Å². The smallest absolute Gasteiger partial charge is 0.349 e. The Morgan fingerprint density at radius 3 is 2.72 bits per heavy atom. The number of benzene rings is 1. The van der Waals surface area contributed by atoms with Gasteiger partial charge in [-0.2, -0.15) is 13.2 Å². The van der Waals surface area contributed by atoms with E-state index in [0.717, 1.165) is 25.0 Å². The third kappa shape index (κ3) is 5.34. The van der Waals surface area contributed by atoms with Gasteiger partial charge in [0.2, 0.25) is 5.91 Å². The van der Waals surface area contributed by atoms with Gasteiger partial charge in [-0.25, -0.2) is 4.68 Å². The molecular weight excluding hydrogens is 499 g/mol. The van der Waals surface area contributed by atoms with Crippen LogP contribution in [0.15, 0.2) is 42.9 Å². The monoisotopic (exact) mass is 519 g/mol. The Bertz CT molecular complexity index is 1310. The predicted octanol–water partition coefficient (Wildman–Crippen LogP) is 3.45. The number of nitrogens with one attached hydrogen (secondary N) is 3. The minimum absolute atomic E-state index is 0.00289. The number of carbonyl (C=O) groups is 2. The van der Waals surface area contributed by atoms with Gasteiger partial charge in [-0.3, -0.25) is 14.6 Å². The van der Waals surface area contributed by atoms with Gasteiger partial charge in [0.15, 0.2) is 0 Å². The molecule has 2 aromatic heterocycles. The molecule has 0 spiro atoms. The molecule has 0 bridgehead atoms. The van der Waals surface area contributed by atoms with Crippen LogP contribution in [0.1, 0.15) is 41.2 Å². The maximum absolute atomic E-state index is 13.1. The number of halogens is 4. The van der Waals surface area contributed by atoms with Gasteiger partial charge < -0.3 is 16.0 Å². The van der Waals surface area contributed by atoms with Gasteiger partial charge in [-0.05, 0) is 43.5 Å². The summed E-state index contributed by atoms with van der Waals surface area (Å²) in [6, 6.07) is 4.32. The minimum Gasteiger partial charge on any atom is -0.349 e. The SMILES string of the molecule is O=C(NC1CC1)c1cncc(-c2cn([C@@H]3CN[C@H](C(=O)Nc4ccc(Cl)c(C(F)(F)F)c4)C3)nn2)c1. The zero-order valence-corrected chi connectivity index (χ0v) is 19.5. The van der Waals surface area contributed by atoms with Crippen molar-refractivity contribution in [3.63, 3.8) is 0 Å². The summed E-state index contributed by atoms with van der Waals surface area (Å²) >= 11 is 5.64. The molecular formula is C23H21ClF3N7O2. The standard InChI is InChI=1S/C23H21ClF3N7O2/c24-18-4-3-15(6-17(18)23(25,26)27)31-22(36)19-7-16(10-29-19)34-11-20(32-33-34)12-5-13(9-28-8-12)21(35)30-14-1-2-14/h3-6,8-9,11,14,16,19,29H,1-2,7,10H2,(H,30,35)(H,31,36)/t16-,19-/m0/s1. The van der Waals surface area contributed by atoms with E-state index in [-0.39, 0.29) is 23.7 Å². The van der Waals surface area contributed by atoms with E-state index in [1.807, 2.05) is 0 Å². The van der Waals surface area contributed by atoms with E-state index in [9.17, 15) is 22.8 Å². The lowest BCUT2D eigenvalue weighted by Gasteiger charge is -2.14. The van der Waals surface area contributed by atoms with E-state index in [1.54, 1.807) is 23.1 Å². The number of hydrogen-bond donors (Lipinski definition) is 3. The number of anilines is 1. The number of aromatic nitrogens is 4. The van der Waals surface area contributed by atoms with Crippen LogP contribution in [-0.4, -0.2) is 50.4 Å². The lowest BCUT2D eigenvalue weighted by molar-refractivity contribution is -0.137. The van der Waals surface area contributed by atoms with E-state index >= 15 is 0 Å². The van der Waals surface area contributed by atoms with E-state index < -0.39 is 28.7 Å². The summed E-state index contributed by atoms with van der Waals surface area (Å²) in [7, 11) is 0. The first-order valence-corrected chi connectivity index (χ1v) is 11.6. The van der Waals surface area contributed by atoms with Crippen molar-refractivity contribution in [2.75, 3.05) is 11.9 Å². The molecule has 5 rings (SSSR count). The highest BCUT2D eigenvalue weighted by Gasteiger charge is 2.35. The highest BCUT2D eigenvalue weighted by Crippen LogP contribution is 2.36. The van der Waals surface area contributed by atoms with Crippen LogP contribution in [0.5, 0.6) is 0 Å². The van der Waals surface area contributed by atoms with Crippen LogP contribution in [-0.2, 0) is 11.0 Å². The van der Waals surface area contributed by atoms with Crippen molar-refractivity contribution in [3.8, 4) is 11.3 Å². The van der Waals surface area contributed by atoms with Gasteiger partial charge in [-0.15, -0.1) is 5.10 Å². The molecule has 2 aliphatic rings. The molecule has 1 aliphatic heterocycles. The summed E-state index contributed by atoms with van der Waals surface area (Å²) in [5, 5.41) is 16.4. The Balaban J connectivity index is 1.23. The summed E-state index contributed by atoms with van der Waals surface area (Å²) in [5.41, 5.74) is 0.579. The highest BCUT2D eigenvalue weighted by atomic mass is 35.5. The Kier molecular flexibility index (Phi) is 6.39. The van der Waals surface area contributed by atoms with Gasteiger partial charge >= 0.3 is 6.18 Å². The molecule has 1 aliphatic carbocycles. The molecule has 2 fully saturated rings. The Labute approximate surface area is 208 Å². The number of nitrogens with zero attached hydrogens (tertiary/aromatic N) is 4. The number of hydrogen-bond acceptors (Lipinski definition) is 6. The van der Waals surface area contributed by atoms with Crippen LogP contribution < -0.4 is 16.0 Å². The summed E-state index contributed by atoms with van der Waals surface area (Å²) in [6.45, 7) is 0.414. The van der Waals surface area contributed by atoms with E-state index in [2.05, 4.69) is 31.2 Å². The first-order chi connectivity index (χ1) is 17.2. The lowest BCUT2D eigenvalue weighted by atomic mass is 10.1. The molecule has 1 saturated heterocycles. The summed E-state index contributed by atoms with van der Waals surface area (Å²) < 4.78 is 40.9. The molecule has 3 aromatic rings. The third-order valence-electron chi connectivity index (χ3n) is 6.06. The zero-order chi connectivity index (χ0) is 25.4. The van der Waals surface area contributed by atoms with E-state index in [0.29, 0.717) is 29.8 Å². The fourth-order valence-electron chi connectivity index (χ4n) is 3.96. The molecule has 1 saturated carbocycles. The second-order valence-electron chi connectivity index (χ2n) is 8.83. The summed E-state index contributed by atoms with van der Waals surface area (Å²) in [4.78, 5) is 29.1. The molecule has 3 N–H and O–H groups in total. The normalized spacial score (nSPS) is 19.8. The average Bonchev–Trinajstić information content (AvgIpc) is 3.31. The van der Waals surface area contributed by atoms with Gasteiger partial charge in [-0.1, -0.05) is 16.8 Å². The van der Waals surface area contributed by atoms with Crippen molar-refractivity contribution in [1.82, 2.24) is 30.6 Å². The van der Waals surface area contributed by atoms with Crippen LogP contribution in [0.4, 0.5) is 18.9 Å². The van der Waals surface area contributed by atoms with Crippen molar-refractivity contribution in [2.24, 2.45) is 0 Å². The van der Waals surface area contributed by atoms with Crippen molar-refractivity contribution < 1.29 is 22.8 Å². The first kappa shape index (κ1) is 24.2. The lowest BCUT2D eigenvalue weighted by Crippen LogP contribution is -2.35. The maximum atomic E-state index is 13.1. The molecule has 3 heterocycles. The molecule has 13 heteroatoms.